The molecule has 0 amide bonds. The number of para-hydroxylation sites is 1. The molecule has 0 saturated heterocycles. The maximum atomic E-state index is 11.9. The van der Waals surface area contributed by atoms with Crippen LogP contribution < -0.4 is 4.74 Å². The van der Waals surface area contributed by atoms with Crippen LogP contribution in [0.25, 0.3) is 0 Å². The number of carbonyl (C=O) groups is 2. The fraction of sp³-hybridized carbons (Fsp3) is 0. The molecule has 0 aliphatic rings. The molecule has 0 heterocycles. The van der Waals surface area contributed by atoms with Crippen molar-refractivity contribution < 1.29 is 29.6 Å². The zero-order valence-electron chi connectivity index (χ0n) is 10.1. The Hall–Kier alpha value is -3.02. The number of hydrogen-bond acceptors (Lipinski definition) is 5. The zero-order chi connectivity index (χ0) is 14.7. The smallest absolute Gasteiger partial charge is 0.347 e. The van der Waals surface area contributed by atoms with Gasteiger partial charge in [0.2, 0.25) is 0 Å². The van der Waals surface area contributed by atoms with E-state index in [1.165, 1.54) is 36.4 Å². The second kappa shape index (κ2) is 5.31. The van der Waals surface area contributed by atoms with Crippen LogP contribution in [0.1, 0.15) is 20.7 Å². The van der Waals surface area contributed by atoms with Gasteiger partial charge in [0.15, 0.2) is 0 Å². The van der Waals surface area contributed by atoms with Gasteiger partial charge in [-0.3, -0.25) is 0 Å². The summed E-state index contributed by atoms with van der Waals surface area (Å²) in [5.41, 5.74) is -0.345. The average molecular weight is 274 g/mol. The second-order valence-electron chi connectivity index (χ2n) is 3.89. The third-order valence-electron chi connectivity index (χ3n) is 2.52. The van der Waals surface area contributed by atoms with Crippen molar-refractivity contribution in [2.75, 3.05) is 0 Å². The second-order valence-corrected chi connectivity index (χ2v) is 3.89. The number of aromatic carboxylic acids is 1. The maximum Gasteiger partial charge on any atom is 0.347 e. The summed E-state index contributed by atoms with van der Waals surface area (Å²) >= 11 is 0. The van der Waals surface area contributed by atoms with E-state index in [9.17, 15) is 14.7 Å². The van der Waals surface area contributed by atoms with Gasteiger partial charge in [-0.05, 0) is 24.3 Å². The minimum absolute atomic E-state index is 0.127. The molecule has 0 spiro atoms. The average Bonchev–Trinajstić information content (AvgIpc) is 2.38. The van der Waals surface area contributed by atoms with Gasteiger partial charge in [-0.2, -0.15) is 0 Å². The van der Waals surface area contributed by atoms with Gasteiger partial charge in [-0.25, -0.2) is 9.59 Å². The molecule has 0 aromatic heterocycles. The van der Waals surface area contributed by atoms with Gasteiger partial charge in [0.1, 0.15) is 28.4 Å². The number of carboxylic acids is 1. The summed E-state index contributed by atoms with van der Waals surface area (Å²) in [6.45, 7) is 0. The van der Waals surface area contributed by atoms with Crippen LogP contribution in [0.15, 0.2) is 42.5 Å². The molecule has 0 aliphatic heterocycles. The van der Waals surface area contributed by atoms with E-state index >= 15 is 0 Å². The van der Waals surface area contributed by atoms with Gasteiger partial charge in [0.05, 0.1) is 0 Å². The minimum Gasteiger partial charge on any atom is -0.508 e. The summed E-state index contributed by atoms with van der Waals surface area (Å²) in [7, 11) is 0. The number of carbonyl (C=O) groups excluding carboxylic acids is 1. The lowest BCUT2D eigenvalue weighted by atomic mass is 10.2. The van der Waals surface area contributed by atoms with E-state index in [1.54, 1.807) is 0 Å². The standard InChI is InChI=1S/C14H10O6/c15-8-5-6-9(11(16)7-8)14(19)20-12-4-2-1-3-10(12)13(17)18/h1-7,15-16H,(H,17,18). The third-order valence-corrected chi connectivity index (χ3v) is 2.52. The Labute approximate surface area is 113 Å². The lowest BCUT2D eigenvalue weighted by molar-refractivity contribution is 0.0681. The van der Waals surface area contributed by atoms with Crippen molar-refractivity contribution in [3.63, 3.8) is 0 Å². The highest BCUT2D eigenvalue weighted by Gasteiger charge is 2.18. The number of esters is 1. The molecular weight excluding hydrogens is 264 g/mol. The van der Waals surface area contributed by atoms with Gasteiger partial charge in [0.25, 0.3) is 0 Å². The summed E-state index contributed by atoms with van der Waals surface area (Å²) in [6, 6.07) is 9.01. The van der Waals surface area contributed by atoms with Crippen molar-refractivity contribution in [2.45, 2.75) is 0 Å². The summed E-state index contributed by atoms with van der Waals surface area (Å²) in [5.74, 6) is -2.94. The number of carboxylic acid groups (broad SMARTS) is 1. The van der Waals surface area contributed by atoms with Crippen LogP contribution in [0.2, 0.25) is 0 Å². The minimum atomic E-state index is -1.23. The predicted octanol–water partition coefficient (Wildman–Crippen LogP) is 2.02. The van der Waals surface area contributed by atoms with Crippen molar-refractivity contribution >= 4 is 11.9 Å². The van der Waals surface area contributed by atoms with Crippen LogP contribution in [-0.4, -0.2) is 27.3 Å². The van der Waals surface area contributed by atoms with E-state index in [0.717, 1.165) is 6.07 Å². The predicted molar refractivity (Wildman–Crippen MR) is 68.1 cm³/mol. The van der Waals surface area contributed by atoms with E-state index in [2.05, 4.69) is 0 Å². The normalized spacial score (nSPS) is 10.0. The third kappa shape index (κ3) is 2.69. The Balaban J connectivity index is 2.30. The van der Waals surface area contributed by atoms with Crippen molar-refractivity contribution in [1.82, 2.24) is 0 Å². The van der Waals surface area contributed by atoms with Gasteiger partial charge < -0.3 is 20.1 Å². The zero-order valence-corrected chi connectivity index (χ0v) is 10.1. The Morgan fingerprint density at radius 3 is 2.30 bits per heavy atom. The van der Waals surface area contributed by atoms with Crippen LogP contribution in [0.4, 0.5) is 0 Å². The van der Waals surface area contributed by atoms with Gasteiger partial charge in [-0.15, -0.1) is 0 Å². The molecule has 102 valence electrons. The van der Waals surface area contributed by atoms with Crippen LogP contribution in [0.3, 0.4) is 0 Å². The quantitative estimate of drug-likeness (QED) is 0.584. The van der Waals surface area contributed by atoms with Crippen LogP contribution in [0.5, 0.6) is 17.2 Å². The Morgan fingerprint density at radius 2 is 1.65 bits per heavy atom. The lowest BCUT2D eigenvalue weighted by Crippen LogP contribution is -2.11. The number of hydrogen-bond donors (Lipinski definition) is 3. The molecule has 0 atom stereocenters. The molecule has 0 radical (unpaired) electrons. The number of phenols is 2. The molecule has 20 heavy (non-hydrogen) atoms. The summed E-state index contributed by atoms with van der Waals surface area (Å²) in [6.07, 6.45) is 0. The first-order chi connectivity index (χ1) is 9.49. The first-order valence-corrected chi connectivity index (χ1v) is 5.55. The van der Waals surface area contributed by atoms with Gasteiger partial charge >= 0.3 is 11.9 Å². The first-order valence-electron chi connectivity index (χ1n) is 5.55. The molecule has 6 nitrogen and oxygen atoms in total. The molecule has 0 unspecified atom stereocenters. The highest BCUT2D eigenvalue weighted by atomic mass is 16.5. The Bertz CT molecular complexity index is 677. The largest absolute Gasteiger partial charge is 0.508 e. The van der Waals surface area contributed by atoms with Crippen LogP contribution >= 0.6 is 0 Å². The van der Waals surface area contributed by atoms with E-state index in [-0.39, 0.29) is 22.6 Å². The molecule has 0 saturated carbocycles. The summed E-state index contributed by atoms with van der Waals surface area (Å²) < 4.78 is 4.95. The number of benzene rings is 2. The van der Waals surface area contributed by atoms with E-state index < -0.39 is 17.7 Å². The highest BCUT2D eigenvalue weighted by molar-refractivity contribution is 5.97. The van der Waals surface area contributed by atoms with E-state index in [4.69, 9.17) is 14.9 Å². The molecule has 0 aliphatic carbocycles. The SMILES string of the molecule is O=C(Oc1ccccc1C(=O)O)c1ccc(O)cc1O. The molecule has 6 heteroatoms. The molecule has 0 bridgehead atoms. The number of rotatable bonds is 3. The molecular formula is C14H10O6. The monoisotopic (exact) mass is 274 g/mol. The number of aromatic hydroxyl groups is 2. The summed E-state index contributed by atoms with van der Waals surface area (Å²) in [4.78, 5) is 22.8. The molecule has 2 rings (SSSR count). The molecule has 3 N–H and O–H groups in total. The summed E-state index contributed by atoms with van der Waals surface area (Å²) in [5, 5.41) is 27.6. The fourth-order valence-corrected chi connectivity index (χ4v) is 1.58. The fourth-order valence-electron chi connectivity index (χ4n) is 1.58. The first kappa shape index (κ1) is 13.4. The number of phenolic OH excluding ortho intramolecular Hbond substituents is 2. The number of ether oxygens (including phenoxy) is 1. The Morgan fingerprint density at radius 1 is 0.950 bits per heavy atom. The lowest BCUT2D eigenvalue weighted by Gasteiger charge is -2.08. The van der Waals surface area contributed by atoms with Crippen LogP contribution in [-0.2, 0) is 0 Å². The van der Waals surface area contributed by atoms with Crippen molar-refractivity contribution in [2.24, 2.45) is 0 Å². The topological polar surface area (TPSA) is 104 Å². The van der Waals surface area contributed by atoms with Crippen molar-refractivity contribution in [1.29, 1.82) is 0 Å². The van der Waals surface area contributed by atoms with Gasteiger partial charge in [0, 0.05) is 6.07 Å². The van der Waals surface area contributed by atoms with Crippen molar-refractivity contribution in [3.05, 3.63) is 53.6 Å². The maximum absolute atomic E-state index is 11.9. The van der Waals surface area contributed by atoms with E-state index in [0.29, 0.717) is 0 Å². The Kier molecular flexibility index (Phi) is 3.56. The molecule has 2 aromatic rings. The molecule has 0 fully saturated rings. The molecule has 2 aromatic carbocycles. The van der Waals surface area contributed by atoms with Crippen LogP contribution in [0, 0.1) is 0 Å². The van der Waals surface area contributed by atoms with E-state index in [1.807, 2.05) is 0 Å². The van der Waals surface area contributed by atoms with Crippen molar-refractivity contribution in [3.8, 4) is 17.2 Å². The van der Waals surface area contributed by atoms with Gasteiger partial charge in [-0.1, -0.05) is 12.1 Å². The highest BCUT2D eigenvalue weighted by Crippen LogP contribution is 2.25.